The number of H-pyrrole nitrogens is 1. The smallest absolute Gasteiger partial charge is 0.453 e. The topological polar surface area (TPSA) is 403 Å². The summed E-state index contributed by atoms with van der Waals surface area (Å²) in [7, 11) is 0.165. The highest BCUT2D eigenvalue weighted by atomic mass is 79.9. The minimum atomic E-state index is -5.45. The number of aliphatic hydroxyl groups is 14. The summed E-state index contributed by atoms with van der Waals surface area (Å²) < 4.78 is 23.4. The lowest BCUT2D eigenvalue weighted by atomic mass is 9.73. The number of phenolic OH excluding ortho intramolecular Hbond substituents is 2. The van der Waals surface area contributed by atoms with Crippen molar-refractivity contribution in [2.45, 2.75) is 41.1 Å². The van der Waals surface area contributed by atoms with Gasteiger partial charge in [0.2, 0.25) is 11.5 Å². The zero-order chi connectivity index (χ0) is 36.1. The van der Waals surface area contributed by atoms with Gasteiger partial charge in [-0.1, -0.05) is 15.9 Å². The highest BCUT2D eigenvalue weighted by molar-refractivity contribution is 9.10. The summed E-state index contributed by atoms with van der Waals surface area (Å²) in [6.45, 7) is 0. The number of likely N-dealkylation sites (tertiary alicyclic amines) is 1. The van der Waals surface area contributed by atoms with E-state index in [9.17, 15) is 90.9 Å². The van der Waals surface area contributed by atoms with Crippen LogP contribution in [0.4, 0.5) is 15.9 Å². The van der Waals surface area contributed by atoms with Crippen LogP contribution in [-0.4, -0.2) is 145 Å². The predicted octanol–water partition coefficient (Wildman–Crippen LogP) is -6.72. The molecule has 47 heavy (non-hydrogen) atoms. The van der Waals surface area contributed by atoms with Gasteiger partial charge in [-0.15, -0.1) is 0 Å². The maximum absolute atomic E-state index is 14.5. The quantitative estimate of drug-likeness (QED) is 0.0788. The molecule has 18 N–H and O–H groups in total. The Bertz CT molecular complexity index is 1780. The van der Waals surface area contributed by atoms with Crippen LogP contribution in [0.3, 0.4) is 0 Å². The first-order valence-electron chi connectivity index (χ1n) is 12.1. The molecule has 1 aliphatic heterocycles. The van der Waals surface area contributed by atoms with Crippen molar-refractivity contribution in [3.8, 4) is 23.0 Å². The van der Waals surface area contributed by atoms with E-state index in [1.54, 1.807) is 4.98 Å². The standard InChI is InChI=1S/C22H24BrFN4O19/c1-28-19(37,38)17(33,34)16(32,18(35,36)20(28,39)40)21(41,42)46-13-11(30)9-8(10(29)12(13)47-22(43,44)45)14(27-15(31)26-9)25-7-3-2-5(23)4-6(7)24/h2-4,29-30,32-45H,1H3,(H2,25,26,27,31). The third kappa shape index (κ3) is 5.10. The fraction of sp³-hybridized carbons (Fsp3) is 0.364. The first kappa shape index (κ1) is 36.2. The molecule has 260 valence electrons. The summed E-state index contributed by atoms with van der Waals surface area (Å²) in [5.41, 5.74) is -8.48. The first-order chi connectivity index (χ1) is 21.1. The number of anilines is 2. The van der Waals surface area contributed by atoms with Crippen LogP contribution in [0.15, 0.2) is 27.5 Å². The number of fused-ring (bicyclic) bond motifs is 1. The molecule has 4 rings (SSSR count). The SMILES string of the molecule is CN1C(O)(O)C(O)(O)C(O)(C(O)(O)Oc2c(OC(O)(O)O)c(O)c3c(Nc4ccc(Br)cc4F)nc(=O)[nH]c3c2O)C(O)(O)C1(O)O. The second-order valence-corrected chi connectivity index (χ2v) is 10.9. The fourth-order valence-corrected chi connectivity index (χ4v) is 4.88. The van der Waals surface area contributed by atoms with E-state index in [0.717, 1.165) is 12.1 Å². The number of hydrogen-bond donors (Lipinski definition) is 18. The van der Waals surface area contributed by atoms with E-state index >= 15 is 0 Å². The lowest BCUT2D eigenvalue weighted by Crippen LogP contribution is -2.97. The van der Waals surface area contributed by atoms with Gasteiger partial charge in [-0.25, -0.2) is 9.18 Å². The lowest BCUT2D eigenvalue weighted by Gasteiger charge is -2.63. The lowest BCUT2D eigenvalue weighted by molar-refractivity contribution is -0.627. The highest BCUT2D eigenvalue weighted by Crippen LogP contribution is 2.57. The third-order valence-corrected chi connectivity index (χ3v) is 7.55. The average molecular weight is 747 g/mol. The van der Waals surface area contributed by atoms with Crippen LogP contribution in [0.2, 0.25) is 0 Å². The normalized spacial score (nSPS) is 20.2. The Morgan fingerprint density at radius 1 is 0.894 bits per heavy atom. The molecule has 3 aromatic rings. The minimum absolute atomic E-state index is 0.165. The Hall–Kier alpha value is -3.61. The van der Waals surface area contributed by atoms with Gasteiger partial charge >= 0.3 is 17.8 Å². The summed E-state index contributed by atoms with van der Waals surface area (Å²) in [6.07, 6.45) is -4.43. The molecule has 2 heterocycles. The number of hydrogen-bond acceptors (Lipinski definition) is 22. The second kappa shape index (κ2) is 10.7. The second-order valence-electron chi connectivity index (χ2n) is 10.0. The molecule has 0 spiro atoms. The van der Waals surface area contributed by atoms with Crippen molar-refractivity contribution < 1.29 is 95.6 Å². The molecule has 0 atom stereocenters. The maximum Gasteiger partial charge on any atom is 0.453 e. The van der Waals surface area contributed by atoms with E-state index in [4.69, 9.17) is 0 Å². The van der Waals surface area contributed by atoms with Gasteiger partial charge in [0.25, 0.3) is 29.0 Å². The van der Waals surface area contributed by atoms with Crippen molar-refractivity contribution in [1.82, 2.24) is 14.9 Å². The summed E-state index contributed by atoms with van der Waals surface area (Å²) >= 11 is 2.99. The van der Waals surface area contributed by atoms with Gasteiger partial charge in [-0.2, -0.15) is 9.88 Å². The van der Waals surface area contributed by atoms with Gasteiger partial charge in [0.1, 0.15) is 17.2 Å². The molecule has 23 nitrogen and oxygen atoms in total. The van der Waals surface area contributed by atoms with Gasteiger partial charge in [-0.3, -0.25) is 0 Å². The Balaban J connectivity index is 2.04. The number of aromatic amines is 1. The van der Waals surface area contributed by atoms with Gasteiger partial charge in [-0.05, 0) is 25.2 Å². The summed E-state index contributed by atoms with van der Waals surface area (Å²) in [5.74, 6) is -34.4. The molecule has 0 saturated carbocycles. The van der Waals surface area contributed by atoms with Crippen molar-refractivity contribution >= 4 is 38.3 Å². The van der Waals surface area contributed by atoms with Crippen molar-refractivity contribution in [3.05, 3.63) is 39.0 Å². The molecule has 0 amide bonds. The number of nitrogens with one attached hydrogen (secondary N) is 2. The molecule has 0 radical (unpaired) electrons. The van der Waals surface area contributed by atoms with E-state index in [1.807, 2.05) is 0 Å². The number of nitrogens with zero attached hydrogens (tertiary/aromatic N) is 2. The predicted molar refractivity (Wildman–Crippen MR) is 142 cm³/mol. The number of piperidine rings is 1. The van der Waals surface area contributed by atoms with Crippen LogP contribution in [0.1, 0.15) is 0 Å². The molecular weight excluding hydrogens is 723 g/mol. The molecule has 0 unspecified atom stereocenters. The van der Waals surface area contributed by atoms with Gasteiger partial charge in [0.15, 0.2) is 11.5 Å². The number of halogens is 2. The molecule has 1 aromatic heterocycles. The molecule has 0 bridgehead atoms. The minimum Gasteiger partial charge on any atom is -0.504 e. The number of benzene rings is 2. The van der Waals surface area contributed by atoms with E-state index in [1.165, 1.54) is 6.07 Å². The molecule has 0 aliphatic carbocycles. The van der Waals surface area contributed by atoms with Gasteiger partial charge in [0.05, 0.1) is 11.1 Å². The zero-order valence-electron chi connectivity index (χ0n) is 22.8. The van der Waals surface area contributed by atoms with E-state index in [2.05, 4.69) is 35.7 Å². The number of rotatable bonds is 7. The zero-order valence-corrected chi connectivity index (χ0v) is 24.3. The molecular formula is C22H24BrFN4O19. The Morgan fingerprint density at radius 3 is 1.89 bits per heavy atom. The Labute approximate surface area is 264 Å². The van der Waals surface area contributed by atoms with Gasteiger partial charge in [0, 0.05) is 4.47 Å². The van der Waals surface area contributed by atoms with Crippen molar-refractivity contribution in [2.24, 2.45) is 0 Å². The number of ether oxygens (including phenoxy) is 2. The highest BCUT2D eigenvalue weighted by Gasteiger charge is 2.91. The Morgan fingerprint density at radius 2 is 1.40 bits per heavy atom. The fourth-order valence-electron chi connectivity index (χ4n) is 4.54. The third-order valence-electron chi connectivity index (χ3n) is 7.06. The van der Waals surface area contributed by atoms with Crippen molar-refractivity contribution in [3.63, 3.8) is 0 Å². The van der Waals surface area contributed by atoms with E-state index in [0.29, 0.717) is 0 Å². The van der Waals surface area contributed by atoms with Crippen LogP contribution in [0.25, 0.3) is 10.9 Å². The van der Waals surface area contributed by atoms with E-state index in [-0.39, 0.29) is 11.5 Å². The molecule has 1 fully saturated rings. The maximum atomic E-state index is 14.5. The van der Waals surface area contributed by atoms with Crippen LogP contribution in [0, 0.1) is 5.82 Å². The Kier molecular flexibility index (Phi) is 8.25. The van der Waals surface area contributed by atoms with Crippen LogP contribution in [0.5, 0.6) is 23.0 Å². The summed E-state index contributed by atoms with van der Waals surface area (Å²) in [6, 6.07) is 3.29. The first-order valence-corrected chi connectivity index (χ1v) is 12.8. The van der Waals surface area contributed by atoms with Crippen LogP contribution >= 0.6 is 15.9 Å². The average Bonchev–Trinajstić information content (AvgIpc) is 2.92. The van der Waals surface area contributed by atoms with Crippen molar-refractivity contribution in [2.75, 3.05) is 12.4 Å². The summed E-state index contributed by atoms with van der Waals surface area (Å²) in [5, 5.41) is 166. The van der Waals surface area contributed by atoms with Crippen LogP contribution in [-0.2, 0) is 0 Å². The summed E-state index contributed by atoms with van der Waals surface area (Å²) in [4.78, 5) is 16.8. The van der Waals surface area contributed by atoms with Crippen LogP contribution < -0.4 is 20.5 Å². The molecule has 2 aromatic carbocycles. The molecule has 1 saturated heterocycles. The number of likely N-dealkylation sites (N-methyl/N-ethyl adjacent to an activating group) is 1. The number of aromatic hydroxyl groups is 2. The van der Waals surface area contributed by atoms with Gasteiger partial charge < -0.3 is 101 Å². The molecule has 1 aliphatic rings. The van der Waals surface area contributed by atoms with Crippen molar-refractivity contribution in [1.29, 1.82) is 0 Å². The van der Waals surface area contributed by atoms with E-state index < -0.39 is 103 Å². The number of aromatic nitrogens is 2. The monoisotopic (exact) mass is 746 g/mol. The largest absolute Gasteiger partial charge is 0.504 e. The number of phenols is 2. The molecule has 25 heteroatoms.